The van der Waals surface area contributed by atoms with Crippen molar-refractivity contribution in [2.45, 2.75) is 6.54 Å². The summed E-state index contributed by atoms with van der Waals surface area (Å²) in [5.74, 6) is 0.113. The maximum Gasteiger partial charge on any atom is 0.149 e. The van der Waals surface area contributed by atoms with Gasteiger partial charge in [0.1, 0.15) is 9.84 Å². The summed E-state index contributed by atoms with van der Waals surface area (Å²) in [4.78, 5) is 0. The Balaban J connectivity index is 2.29. The zero-order valence-corrected chi connectivity index (χ0v) is 9.16. The molecule has 4 nitrogen and oxygen atoms in total. The molecule has 79 valence electrons. The molecule has 0 aliphatic rings. The van der Waals surface area contributed by atoms with Crippen molar-refractivity contribution in [2.75, 3.05) is 12.0 Å². The second kappa shape index (κ2) is 3.66. The van der Waals surface area contributed by atoms with Crippen molar-refractivity contribution in [1.29, 1.82) is 0 Å². The van der Waals surface area contributed by atoms with Gasteiger partial charge >= 0.3 is 0 Å². The molecule has 15 heavy (non-hydrogen) atoms. The fourth-order valence-corrected chi connectivity index (χ4v) is 1.90. The molecular formula is C10H11N2O2S. The number of fused-ring (bicyclic) bond motifs is 1. The van der Waals surface area contributed by atoms with Gasteiger partial charge in [0, 0.05) is 11.6 Å². The molecule has 0 amide bonds. The first-order valence-electron chi connectivity index (χ1n) is 4.55. The first-order chi connectivity index (χ1) is 7.06. The Morgan fingerprint density at radius 1 is 1.53 bits per heavy atom. The predicted octanol–water partition coefficient (Wildman–Crippen LogP) is 0.881. The van der Waals surface area contributed by atoms with E-state index in [1.165, 1.54) is 6.26 Å². The zero-order chi connectivity index (χ0) is 10.9. The summed E-state index contributed by atoms with van der Waals surface area (Å²) in [5, 5.41) is 5.11. The van der Waals surface area contributed by atoms with Gasteiger partial charge in [0.15, 0.2) is 0 Å². The number of aromatic nitrogens is 2. The highest BCUT2D eigenvalue weighted by atomic mass is 32.2. The van der Waals surface area contributed by atoms with E-state index in [2.05, 4.69) is 11.2 Å². The molecule has 1 aromatic carbocycles. The van der Waals surface area contributed by atoms with Crippen molar-refractivity contribution in [3.8, 4) is 0 Å². The lowest BCUT2D eigenvalue weighted by Gasteiger charge is -2.01. The third-order valence-electron chi connectivity index (χ3n) is 2.16. The molecule has 0 aliphatic heterocycles. The monoisotopic (exact) mass is 223 g/mol. The highest BCUT2D eigenvalue weighted by Gasteiger charge is 2.05. The summed E-state index contributed by atoms with van der Waals surface area (Å²) < 4.78 is 23.7. The van der Waals surface area contributed by atoms with Gasteiger partial charge in [-0.2, -0.15) is 5.10 Å². The predicted molar refractivity (Wildman–Crippen MR) is 58.3 cm³/mol. The number of rotatable bonds is 3. The summed E-state index contributed by atoms with van der Waals surface area (Å²) in [6, 6.07) is 8.45. The molecule has 0 unspecified atom stereocenters. The van der Waals surface area contributed by atoms with Crippen LogP contribution in [0.4, 0.5) is 0 Å². The van der Waals surface area contributed by atoms with Gasteiger partial charge in [-0.15, -0.1) is 0 Å². The maximum absolute atomic E-state index is 11.0. The van der Waals surface area contributed by atoms with Gasteiger partial charge in [-0.05, 0) is 18.2 Å². The highest BCUT2D eigenvalue weighted by Crippen LogP contribution is 2.11. The normalized spacial score (nSPS) is 12.1. The molecule has 0 saturated heterocycles. The van der Waals surface area contributed by atoms with Gasteiger partial charge in [-0.1, -0.05) is 6.07 Å². The van der Waals surface area contributed by atoms with Gasteiger partial charge in [-0.25, -0.2) is 8.42 Å². The largest absolute Gasteiger partial charge is 0.264 e. The number of aryl methyl sites for hydroxylation is 1. The van der Waals surface area contributed by atoms with Crippen molar-refractivity contribution >= 4 is 20.7 Å². The van der Waals surface area contributed by atoms with Crippen molar-refractivity contribution < 1.29 is 8.42 Å². The van der Waals surface area contributed by atoms with Crippen molar-refractivity contribution in [3.05, 3.63) is 30.5 Å². The summed E-state index contributed by atoms with van der Waals surface area (Å²) in [5.41, 5.74) is 0.942. The molecule has 1 radical (unpaired) electrons. The molecule has 2 rings (SSSR count). The van der Waals surface area contributed by atoms with E-state index < -0.39 is 9.84 Å². The molecule has 0 spiro atoms. The van der Waals surface area contributed by atoms with E-state index in [-0.39, 0.29) is 5.75 Å². The van der Waals surface area contributed by atoms with E-state index in [0.29, 0.717) is 6.54 Å². The van der Waals surface area contributed by atoms with Crippen LogP contribution in [0.2, 0.25) is 0 Å². The first-order valence-corrected chi connectivity index (χ1v) is 6.62. The van der Waals surface area contributed by atoms with Crippen molar-refractivity contribution in [3.63, 3.8) is 0 Å². The lowest BCUT2D eigenvalue weighted by Crippen LogP contribution is -2.11. The van der Waals surface area contributed by atoms with Crippen LogP contribution in [0.15, 0.2) is 24.4 Å². The van der Waals surface area contributed by atoms with Gasteiger partial charge in [0.25, 0.3) is 0 Å². The minimum absolute atomic E-state index is 0.113. The molecule has 0 bridgehead atoms. The molecule has 0 saturated carbocycles. The Kier molecular flexibility index (Phi) is 2.48. The minimum Gasteiger partial charge on any atom is -0.264 e. The Labute approximate surface area is 88.4 Å². The van der Waals surface area contributed by atoms with E-state index in [1.54, 1.807) is 16.9 Å². The molecular weight excluding hydrogens is 212 g/mol. The Morgan fingerprint density at radius 3 is 3.07 bits per heavy atom. The second-order valence-electron chi connectivity index (χ2n) is 3.48. The summed E-state index contributed by atoms with van der Waals surface area (Å²) in [7, 11) is -2.94. The van der Waals surface area contributed by atoms with Gasteiger partial charge in [0.05, 0.1) is 24.0 Å². The van der Waals surface area contributed by atoms with Gasteiger partial charge in [0.2, 0.25) is 0 Å². The molecule has 5 heteroatoms. The fraction of sp³-hybridized carbons (Fsp3) is 0.300. The van der Waals surface area contributed by atoms with E-state index >= 15 is 0 Å². The van der Waals surface area contributed by atoms with Crippen LogP contribution < -0.4 is 0 Å². The standard InChI is InChI=1S/C10H11N2O2S/c1-15(13,14)7-6-12-10-5-3-2-4-9(10)8-11-12/h3-5,8H,6-7H2,1H3. The van der Waals surface area contributed by atoms with Crippen LogP contribution in [0, 0.1) is 6.07 Å². The van der Waals surface area contributed by atoms with Crippen LogP contribution in [0.3, 0.4) is 0 Å². The van der Waals surface area contributed by atoms with Gasteiger partial charge < -0.3 is 0 Å². The van der Waals surface area contributed by atoms with E-state index in [4.69, 9.17) is 0 Å². The third-order valence-corrected chi connectivity index (χ3v) is 3.08. The molecule has 2 aromatic rings. The van der Waals surface area contributed by atoms with Crippen LogP contribution in [-0.2, 0) is 16.4 Å². The lowest BCUT2D eigenvalue weighted by atomic mass is 10.3. The van der Waals surface area contributed by atoms with E-state index in [0.717, 1.165) is 10.9 Å². The Hall–Kier alpha value is -1.36. The van der Waals surface area contributed by atoms with Crippen LogP contribution in [0.25, 0.3) is 10.9 Å². The SMILES string of the molecule is CS(=O)(=O)CCn1ncc2c[c]ccc21. The highest BCUT2D eigenvalue weighted by molar-refractivity contribution is 7.90. The lowest BCUT2D eigenvalue weighted by molar-refractivity contribution is 0.589. The molecule has 0 aliphatic carbocycles. The quantitative estimate of drug-likeness (QED) is 0.776. The van der Waals surface area contributed by atoms with Crippen molar-refractivity contribution in [1.82, 2.24) is 9.78 Å². The number of benzene rings is 1. The van der Waals surface area contributed by atoms with Crippen LogP contribution in [0.5, 0.6) is 0 Å². The summed E-state index contributed by atoms with van der Waals surface area (Å²) >= 11 is 0. The van der Waals surface area contributed by atoms with E-state index in [9.17, 15) is 8.42 Å². The minimum atomic E-state index is -2.94. The van der Waals surface area contributed by atoms with Crippen LogP contribution in [0.1, 0.15) is 0 Å². The van der Waals surface area contributed by atoms with Crippen LogP contribution in [-0.4, -0.2) is 30.2 Å². The molecule has 1 aromatic heterocycles. The number of sulfone groups is 1. The second-order valence-corrected chi connectivity index (χ2v) is 5.74. The van der Waals surface area contributed by atoms with Crippen molar-refractivity contribution in [2.24, 2.45) is 0 Å². The van der Waals surface area contributed by atoms with Gasteiger partial charge in [-0.3, -0.25) is 4.68 Å². The summed E-state index contributed by atoms with van der Waals surface area (Å²) in [6.07, 6.45) is 2.95. The number of nitrogens with zero attached hydrogens (tertiary/aromatic N) is 2. The molecule has 1 heterocycles. The number of hydrogen-bond donors (Lipinski definition) is 0. The average Bonchev–Trinajstić information content (AvgIpc) is 2.57. The van der Waals surface area contributed by atoms with E-state index in [1.807, 2.05) is 12.1 Å². The first kappa shape index (κ1) is 10.2. The molecule has 0 N–H and O–H groups in total. The topological polar surface area (TPSA) is 52.0 Å². The zero-order valence-electron chi connectivity index (χ0n) is 8.34. The number of hydrogen-bond acceptors (Lipinski definition) is 3. The molecule has 0 fully saturated rings. The third kappa shape index (κ3) is 2.36. The average molecular weight is 223 g/mol. The smallest absolute Gasteiger partial charge is 0.149 e. The fourth-order valence-electron chi connectivity index (χ4n) is 1.40. The summed E-state index contributed by atoms with van der Waals surface area (Å²) in [6.45, 7) is 0.395. The Bertz CT molecular complexity index is 572. The maximum atomic E-state index is 11.0. The van der Waals surface area contributed by atoms with Crippen LogP contribution >= 0.6 is 0 Å². The molecule has 0 atom stereocenters. The Morgan fingerprint density at radius 2 is 2.33 bits per heavy atom.